The van der Waals surface area contributed by atoms with Gasteiger partial charge < -0.3 is 4.74 Å². The average molecular weight is 1290 g/mol. The molecule has 13 aromatic rings. The van der Waals surface area contributed by atoms with Crippen molar-refractivity contribution in [3.05, 3.63) is 282 Å². The highest BCUT2D eigenvalue weighted by atomic mass is 28.3. The number of rotatable bonds is 11. The fraction of sp³-hybridized carbons (Fsp3) is 0.267. The summed E-state index contributed by atoms with van der Waals surface area (Å²) in [6.45, 7) is 38.2. The fourth-order valence-corrected chi connectivity index (χ4v) is 17.0. The molecule has 13 rings (SSSR count). The van der Waals surface area contributed by atoms with Crippen LogP contribution in [0.4, 0.5) is 0 Å². The largest absolute Gasteiger partial charge is 0.458 e. The Morgan fingerprint density at radius 2 is 0.906 bits per heavy atom. The summed E-state index contributed by atoms with van der Waals surface area (Å²) < 4.78 is 161. The Kier molecular flexibility index (Phi) is 12.3. The maximum Gasteiger partial charge on any atom is 0.269 e. The van der Waals surface area contributed by atoms with E-state index in [1.807, 2.05) is 104 Å². The Balaban J connectivity index is 1.25. The predicted octanol–water partition coefficient (Wildman–Crippen LogP) is 20.5. The quantitative estimate of drug-likeness (QED) is 0.0560. The van der Waals surface area contributed by atoms with Crippen molar-refractivity contribution in [3.8, 4) is 50.9 Å². The molecule has 0 saturated heterocycles. The van der Waals surface area contributed by atoms with Crippen LogP contribution in [0.15, 0.2) is 242 Å². The van der Waals surface area contributed by atoms with Gasteiger partial charge in [-0.3, -0.25) is 13.7 Å². The molecule has 0 saturated carbocycles. The third-order valence-electron chi connectivity index (χ3n) is 18.7. The van der Waals surface area contributed by atoms with E-state index in [4.69, 9.17) is 9.72 Å². The van der Waals surface area contributed by atoms with E-state index in [1.54, 1.807) is 10.6 Å². The van der Waals surface area contributed by atoms with Crippen LogP contribution in [0.5, 0.6) is 11.5 Å². The molecule has 10 aromatic carbocycles. The molecule has 0 N–H and O–H groups in total. The zero-order chi connectivity index (χ0) is 81.1. The summed E-state index contributed by atoms with van der Waals surface area (Å²) in [5.74, 6) is 1.71. The number of fused-ring (bicyclic) bond motifs is 4. The van der Waals surface area contributed by atoms with Crippen molar-refractivity contribution < 1.29 is 29.9 Å². The number of aromatic nitrogens is 4. The summed E-state index contributed by atoms with van der Waals surface area (Å²) in [6, 6.07) is 35.9. The molecular formula is C90H94N4OSi. The van der Waals surface area contributed by atoms with E-state index in [0.29, 0.717) is 44.9 Å². The minimum absolute atomic E-state index is 0.0405. The minimum Gasteiger partial charge on any atom is -0.458 e. The Morgan fingerprint density at radius 1 is 0.406 bits per heavy atom. The first-order chi connectivity index (χ1) is 51.6. The van der Waals surface area contributed by atoms with Crippen molar-refractivity contribution in [3.63, 3.8) is 0 Å². The van der Waals surface area contributed by atoms with Gasteiger partial charge in [0.25, 0.3) is 6.33 Å². The van der Waals surface area contributed by atoms with Gasteiger partial charge in [-0.25, -0.2) is 4.98 Å². The Labute approximate surface area is 593 Å². The Morgan fingerprint density at radius 3 is 1.45 bits per heavy atom. The van der Waals surface area contributed by atoms with E-state index in [-0.39, 0.29) is 27.1 Å². The maximum atomic E-state index is 10.4. The number of hydrogen-bond donors (Lipinski definition) is 0. The minimum atomic E-state index is -5.99. The average Bonchev–Trinajstić information content (AvgIpc) is 1.61. The van der Waals surface area contributed by atoms with Gasteiger partial charge >= 0.3 is 0 Å². The molecule has 484 valence electrons. The maximum absolute atomic E-state index is 10.4. The topological polar surface area (TPSA) is 35.9 Å². The number of imidazole rings is 1. The van der Waals surface area contributed by atoms with E-state index < -0.39 is 131 Å². The predicted molar refractivity (Wildman–Crippen MR) is 409 cm³/mol. The SMILES string of the molecule is [2H]c1c([2H])c([2H])c([Si](c2cc(C(C)(C)C)cc(-c3cc(C(C)(C)C)cc(C(C)(C)C)c3)c2-[n+]2[c-]n(-c3cccc(Oc4ccc5c6ccccc6n(-c6cc(C(C)(C)C)ccn6)c5c4)c3)c3cc(-c4cc(C(C)(C)C)cc(C(C)(C)C)c4)ccc32)(c2c([2H])c([2H])c([2H])c([2H])c2[2H])c2c([2H])c([2H])c([2H])c([2H])c2[2H])c([2H])c1[2H]. The third-order valence-corrected chi connectivity index (χ3v) is 22.8. The number of para-hydroxylation sites is 1. The molecular weight excluding hydrogens is 1180 g/mol. The summed E-state index contributed by atoms with van der Waals surface area (Å²) in [6.07, 6.45) is 5.69. The molecule has 0 radical (unpaired) electrons. The van der Waals surface area contributed by atoms with Crippen molar-refractivity contribution in [2.75, 3.05) is 0 Å². The van der Waals surface area contributed by atoms with E-state index >= 15 is 0 Å². The van der Waals surface area contributed by atoms with Crippen LogP contribution in [-0.4, -0.2) is 22.2 Å². The van der Waals surface area contributed by atoms with E-state index in [9.17, 15) is 20.6 Å². The van der Waals surface area contributed by atoms with Crippen molar-refractivity contribution >= 4 is 61.7 Å². The van der Waals surface area contributed by atoms with Crippen LogP contribution >= 0.6 is 0 Å². The zero-order valence-electron chi connectivity index (χ0n) is 73.6. The van der Waals surface area contributed by atoms with Gasteiger partial charge in [0.05, 0.1) is 54.0 Å². The van der Waals surface area contributed by atoms with E-state index in [2.05, 4.69) is 181 Å². The fourth-order valence-electron chi connectivity index (χ4n) is 13.0. The molecule has 0 aliphatic rings. The molecule has 0 atom stereocenters. The van der Waals surface area contributed by atoms with E-state index in [1.165, 1.54) is 0 Å². The standard InChI is InChI=1S/C90H94N4OSi/c1-85(2,3)63-45-46-91-83(56-63)94-78-40-29-28-39-75(78)76-43-42-71(58-80(76)94)95-70-32-30-31-69(57-70)92-59-93(79-44-41-60(51-81(79)92)61-47-64(86(4,5)6)52-65(48-61)87(7,8)9)84-77(62-49-66(88(10,11)12)53-67(50-62)89(13,14)15)54-68(90(16,17)18)55-82(84)96(72-33-22-19-23-34-72,73-35-24-20-25-36-73)74-37-26-21-27-38-74/h19-58H,1-18H3/i19D,20D,21D,22D,23D,24D,25D,26D,27D,33D,34D,35D,36D,37D,38D. The highest BCUT2D eigenvalue weighted by molar-refractivity contribution is 7.20. The first-order valence-corrected chi connectivity index (χ1v) is 35.1. The van der Waals surface area contributed by atoms with Crippen LogP contribution in [0.2, 0.25) is 0 Å². The molecule has 0 aliphatic heterocycles. The van der Waals surface area contributed by atoms with Crippen LogP contribution in [0.1, 0.15) is 179 Å². The summed E-state index contributed by atoms with van der Waals surface area (Å²) >= 11 is 0. The first-order valence-electron chi connectivity index (χ1n) is 40.6. The molecule has 0 spiro atoms. The lowest BCUT2D eigenvalue weighted by molar-refractivity contribution is -0.570. The highest BCUT2D eigenvalue weighted by Crippen LogP contribution is 2.42. The molecule has 96 heavy (non-hydrogen) atoms. The summed E-state index contributed by atoms with van der Waals surface area (Å²) in [5, 5.41) is 0.165. The van der Waals surface area contributed by atoms with Crippen LogP contribution in [0.3, 0.4) is 0 Å². The molecule has 3 heterocycles. The second-order valence-electron chi connectivity index (χ2n) is 31.8. The van der Waals surface area contributed by atoms with Crippen LogP contribution in [0.25, 0.3) is 72.3 Å². The van der Waals surface area contributed by atoms with Gasteiger partial charge in [-0.1, -0.05) is 300 Å². The molecule has 0 fully saturated rings. The van der Waals surface area contributed by atoms with Crippen molar-refractivity contribution in [1.29, 1.82) is 0 Å². The molecule has 0 bridgehead atoms. The van der Waals surface area contributed by atoms with Crippen LogP contribution in [-0.2, 0) is 32.5 Å². The second-order valence-corrected chi connectivity index (χ2v) is 35.3. The number of ether oxygens (including phenoxy) is 1. The lowest BCUT2D eigenvalue weighted by Crippen LogP contribution is -2.76. The van der Waals surface area contributed by atoms with Gasteiger partial charge in [-0.2, -0.15) is 0 Å². The summed E-state index contributed by atoms with van der Waals surface area (Å²) in [5.41, 5.74) is 9.34. The van der Waals surface area contributed by atoms with Crippen LogP contribution in [0, 0.1) is 6.33 Å². The van der Waals surface area contributed by atoms with Crippen LogP contribution < -0.4 is 30.1 Å². The number of nitrogens with zero attached hydrogens (tertiary/aromatic N) is 4. The highest BCUT2D eigenvalue weighted by Gasteiger charge is 2.45. The van der Waals surface area contributed by atoms with Gasteiger partial charge in [0.1, 0.15) is 17.3 Å². The van der Waals surface area contributed by atoms with E-state index in [0.717, 1.165) is 66.6 Å². The second kappa shape index (κ2) is 24.1. The monoisotopic (exact) mass is 1290 g/mol. The number of hydrogen-bond acceptors (Lipinski definition) is 2. The van der Waals surface area contributed by atoms with Crippen molar-refractivity contribution in [2.45, 2.75) is 157 Å². The van der Waals surface area contributed by atoms with Gasteiger partial charge in [0.15, 0.2) is 8.07 Å². The Hall–Kier alpha value is -9.36. The molecule has 5 nitrogen and oxygen atoms in total. The zero-order valence-corrected chi connectivity index (χ0v) is 59.6. The van der Waals surface area contributed by atoms with Gasteiger partial charge in [-0.05, 0) is 163 Å². The summed E-state index contributed by atoms with van der Waals surface area (Å²) in [4.78, 5) is 4.94. The lowest BCUT2D eigenvalue weighted by Gasteiger charge is -2.38. The molecule has 3 aromatic heterocycles. The van der Waals surface area contributed by atoms with Gasteiger partial charge in [0, 0.05) is 23.0 Å². The molecule has 0 unspecified atom stereocenters. The van der Waals surface area contributed by atoms with Crippen molar-refractivity contribution in [2.24, 2.45) is 0 Å². The molecule has 6 heteroatoms. The van der Waals surface area contributed by atoms with Gasteiger partial charge in [-0.15, -0.1) is 0 Å². The Bertz CT molecular complexity index is 5710. The normalized spacial score (nSPS) is 15.1. The first kappa shape index (κ1) is 49.2. The van der Waals surface area contributed by atoms with Gasteiger partial charge in [0.2, 0.25) is 0 Å². The summed E-state index contributed by atoms with van der Waals surface area (Å²) in [7, 11) is -5.99. The molecule has 0 amide bonds. The van der Waals surface area contributed by atoms with Crippen molar-refractivity contribution in [1.82, 2.24) is 14.1 Å². The molecule has 0 aliphatic carbocycles. The number of benzene rings is 10. The third kappa shape index (κ3) is 12.3. The smallest absolute Gasteiger partial charge is 0.269 e. The lowest BCUT2D eigenvalue weighted by atomic mass is 9.78. The number of pyridine rings is 1.